The van der Waals surface area contributed by atoms with Crippen LogP contribution in [0.4, 0.5) is 0 Å². The summed E-state index contributed by atoms with van der Waals surface area (Å²) < 4.78 is 24.8. The van der Waals surface area contributed by atoms with Gasteiger partial charge in [-0.25, -0.2) is 8.42 Å². The number of likely N-dealkylation sites (tertiary alicyclic amines) is 1. The molecule has 0 atom stereocenters. The fourth-order valence-corrected chi connectivity index (χ4v) is 6.12. The van der Waals surface area contributed by atoms with Gasteiger partial charge in [0.1, 0.15) is 5.78 Å². The maximum absolute atomic E-state index is 12.7. The van der Waals surface area contributed by atoms with Crippen molar-refractivity contribution < 1.29 is 18.0 Å². The third kappa shape index (κ3) is 2.48. The number of carbonyl (C=O) groups excluding carboxylic acids is 2. The molecule has 1 fully saturated rings. The molecule has 1 saturated heterocycles. The van der Waals surface area contributed by atoms with Crippen molar-refractivity contribution in [1.82, 2.24) is 4.90 Å². The van der Waals surface area contributed by atoms with Crippen molar-refractivity contribution in [3.63, 3.8) is 0 Å². The predicted molar refractivity (Wildman–Crippen MR) is 90.8 cm³/mol. The van der Waals surface area contributed by atoms with E-state index in [2.05, 4.69) is 0 Å². The molecule has 0 N–H and O–H groups in total. The van der Waals surface area contributed by atoms with Gasteiger partial charge in [-0.05, 0) is 17.7 Å². The molecule has 0 radical (unpaired) electrons. The van der Waals surface area contributed by atoms with E-state index in [4.69, 9.17) is 0 Å². The molecule has 2 aliphatic rings. The van der Waals surface area contributed by atoms with Gasteiger partial charge in [0, 0.05) is 36.4 Å². The number of piperidine rings is 1. The quantitative estimate of drug-likeness (QED) is 0.782. The van der Waals surface area contributed by atoms with Gasteiger partial charge in [0.2, 0.25) is 0 Å². The molecule has 0 saturated carbocycles. The van der Waals surface area contributed by atoms with Crippen LogP contribution in [0.5, 0.6) is 0 Å². The second-order valence-corrected chi connectivity index (χ2v) is 9.06. The van der Waals surface area contributed by atoms with Gasteiger partial charge in [-0.1, -0.05) is 18.2 Å². The Hall–Kier alpha value is -1.99. The van der Waals surface area contributed by atoms with E-state index in [-0.39, 0.29) is 17.4 Å². The summed E-state index contributed by atoms with van der Waals surface area (Å²) >= 11 is 1.34. The van der Waals surface area contributed by atoms with Crippen molar-refractivity contribution in [3.05, 3.63) is 40.8 Å². The Labute approximate surface area is 143 Å². The minimum Gasteiger partial charge on any atom is -0.337 e. The lowest BCUT2D eigenvalue weighted by atomic mass is 10.1. The van der Waals surface area contributed by atoms with Crippen LogP contribution >= 0.6 is 11.3 Å². The number of amides is 1. The summed E-state index contributed by atoms with van der Waals surface area (Å²) in [7, 11) is -3.36. The molecule has 1 aromatic heterocycles. The average molecular weight is 361 g/mol. The Bertz CT molecular complexity index is 949. The van der Waals surface area contributed by atoms with Crippen LogP contribution in [0.2, 0.25) is 0 Å². The number of rotatable bonds is 1. The molecular formula is C17H15NO4S2. The zero-order valence-electron chi connectivity index (χ0n) is 12.8. The highest BCUT2D eigenvalue weighted by molar-refractivity contribution is 7.91. The number of hydrogen-bond acceptors (Lipinski definition) is 5. The zero-order valence-corrected chi connectivity index (χ0v) is 14.5. The first kappa shape index (κ1) is 15.5. The number of thiophene rings is 1. The molecule has 0 unspecified atom stereocenters. The van der Waals surface area contributed by atoms with Gasteiger partial charge in [0.25, 0.3) is 5.91 Å². The Kier molecular flexibility index (Phi) is 3.58. The Morgan fingerprint density at radius 2 is 1.83 bits per heavy atom. The topological polar surface area (TPSA) is 71.5 Å². The average Bonchev–Trinajstić information content (AvgIpc) is 2.98. The highest BCUT2D eigenvalue weighted by atomic mass is 32.2. The Balaban J connectivity index is 1.73. The molecular weight excluding hydrogens is 346 g/mol. The molecule has 24 heavy (non-hydrogen) atoms. The van der Waals surface area contributed by atoms with E-state index in [1.807, 2.05) is 0 Å². The number of carbonyl (C=O) groups is 2. The van der Waals surface area contributed by atoms with Gasteiger partial charge in [-0.15, -0.1) is 11.3 Å². The predicted octanol–water partition coefficient (Wildman–Crippen LogP) is 2.51. The smallest absolute Gasteiger partial charge is 0.263 e. The van der Waals surface area contributed by atoms with E-state index < -0.39 is 9.84 Å². The molecule has 2 aromatic rings. The molecule has 5 nitrogen and oxygen atoms in total. The molecule has 124 valence electrons. The molecule has 2 aliphatic heterocycles. The summed E-state index contributed by atoms with van der Waals surface area (Å²) in [5.74, 6) is 0.00283. The SMILES string of the molecule is O=C1CCN(C(=O)c2cc3c(s2)-c2ccccc2S(=O)(=O)C3)CC1. The molecule has 4 rings (SSSR count). The van der Waals surface area contributed by atoms with Gasteiger partial charge in [0.05, 0.1) is 15.5 Å². The number of benzene rings is 1. The highest BCUT2D eigenvalue weighted by Crippen LogP contribution is 2.42. The summed E-state index contributed by atoms with van der Waals surface area (Å²) in [4.78, 5) is 27.4. The maximum atomic E-state index is 12.7. The van der Waals surface area contributed by atoms with Crippen molar-refractivity contribution in [2.45, 2.75) is 23.5 Å². The summed E-state index contributed by atoms with van der Waals surface area (Å²) in [5.41, 5.74) is 1.37. The van der Waals surface area contributed by atoms with Crippen molar-refractivity contribution in [1.29, 1.82) is 0 Å². The third-order valence-corrected chi connectivity index (χ3v) is 7.36. The number of Topliss-reactive ketones (excluding diaryl/α,β-unsaturated/α-hetero) is 1. The second kappa shape index (κ2) is 5.53. The lowest BCUT2D eigenvalue weighted by Crippen LogP contribution is -2.38. The number of hydrogen-bond donors (Lipinski definition) is 0. The summed E-state index contributed by atoms with van der Waals surface area (Å²) in [6, 6.07) is 8.62. The standard InChI is InChI=1S/C17H15NO4S2/c19-12-5-7-18(8-6-12)17(20)14-9-11-10-24(21,22)15-4-2-1-3-13(15)16(11)23-14/h1-4,9H,5-8,10H2. The number of sulfone groups is 1. The van der Waals surface area contributed by atoms with Gasteiger partial charge in [-0.2, -0.15) is 0 Å². The van der Waals surface area contributed by atoms with E-state index in [0.717, 1.165) is 4.88 Å². The van der Waals surface area contributed by atoms with E-state index in [1.54, 1.807) is 35.2 Å². The maximum Gasteiger partial charge on any atom is 0.263 e. The van der Waals surface area contributed by atoms with E-state index in [0.29, 0.717) is 46.8 Å². The fraction of sp³-hybridized carbons (Fsp3) is 0.294. The van der Waals surface area contributed by atoms with Crippen LogP contribution in [-0.4, -0.2) is 38.1 Å². The van der Waals surface area contributed by atoms with Crippen LogP contribution in [-0.2, 0) is 20.4 Å². The molecule has 0 bridgehead atoms. The Morgan fingerprint density at radius 1 is 1.12 bits per heavy atom. The van der Waals surface area contributed by atoms with Gasteiger partial charge < -0.3 is 4.90 Å². The van der Waals surface area contributed by atoms with Crippen molar-refractivity contribution in [2.75, 3.05) is 13.1 Å². The second-order valence-electron chi connectivity index (χ2n) is 6.05. The largest absolute Gasteiger partial charge is 0.337 e. The van der Waals surface area contributed by atoms with E-state index in [1.165, 1.54) is 11.3 Å². The van der Waals surface area contributed by atoms with Crippen LogP contribution in [0.1, 0.15) is 28.1 Å². The lowest BCUT2D eigenvalue weighted by molar-refractivity contribution is -0.120. The molecule has 0 spiro atoms. The molecule has 1 aromatic carbocycles. The highest BCUT2D eigenvalue weighted by Gasteiger charge is 2.31. The normalized spacial score (nSPS) is 18.8. The minimum atomic E-state index is -3.36. The third-order valence-electron chi connectivity index (χ3n) is 4.44. The summed E-state index contributed by atoms with van der Waals surface area (Å²) in [6.07, 6.45) is 0.794. The first-order valence-electron chi connectivity index (χ1n) is 7.71. The van der Waals surface area contributed by atoms with Crippen molar-refractivity contribution >= 4 is 32.9 Å². The van der Waals surface area contributed by atoms with Crippen molar-refractivity contribution in [2.24, 2.45) is 0 Å². The number of ketones is 1. The lowest BCUT2D eigenvalue weighted by Gasteiger charge is -2.25. The zero-order chi connectivity index (χ0) is 16.9. The number of fused-ring (bicyclic) bond motifs is 3. The van der Waals surface area contributed by atoms with E-state index >= 15 is 0 Å². The molecule has 3 heterocycles. The van der Waals surface area contributed by atoms with Crippen LogP contribution in [0.15, 0.2) is 35.2 Å². The van der Waals surface area contributed by atoms with E-state index in [9.17, 15) is 18.0 Å². The van der Waals surface area contributed by atoms with Crippen LogP contribution in [0, 0.1) is 0 Å². The van der Waals surface area contributed by atoms with Gasteiger partial charge in [-0.3, -0.25) is 9.59 Å². The minimum absolute atomic E-state index is 0.0678. The molecule has 1 amide bonds. The van der Waals surface area contributed by atoms with Crippen molar-refractivity contribution in [3.8, 4) is 10.4 Å². The van der Waals surface area contributed by atoms with Crippen LogP contribution < -0.4 is 0 Å². The Morgan fingerprint density at radius 3 is 2.58 bits per heavy atom. The fourth-order valence-electron chi connectivity index (χ4n) is 3.19. The van der Waals surface area contributed by atoms with Gasteiger partial charge >= 0.3 is 0 Å². The first-order valence-corrected chi connectivity index (χ1v) is 10.2. The number of nitrogens with zero attached hydrogens (tertiary/aromatic N) is 1. The molecule has 0 aliphatic carbocycles. The monoisotopic (exact) mass is 361 g/mol. The first-order chi connectivity index (χ1) is 11.5. The van der Waals surface area contributed by atoms with Crippen LogP contribution in [0.25, 0.3) is 10.4 Å². The van der Waals surface area contributed by atoms with Crippen LogP contribution in [0.3, 0.4) is 0 Å². The molecule has 7 heteroatoms. The van der Waals surface area contributed by atoms with Gasteiger partial charge in [0.15, 0.2) is 9.84 Å². The summed E-state index contributed by atoms with van der Waals surface area (Å²) in [6.45, 7) is 0.879. The summed E-state index contributed by atoms with van der Waals surface area (Å²) in [5, 5.41) is 0.